The predicted molar refractivity (Wildman–Crippen MR) is 107 cm³/mol. The fourth-order valence-electron chi connectivity index (χ4n) is 3.15. The highest BCUT2D eigenvalue weighted by Crippen LogP contribution is 2.31. The molecule has 1 heterocycles. The van der Waals surface area contributed by atoms with Gasteiger partial charge in [0, 0.05) is 31.3 Å². The number of hydrogen-bond donors (Lipinski definition) is 0. The molecule has 0 saturated carbocycles. The molecule has 0 radical (unpaired) electrons. The van der Waals surface area contributed by atoms with Crippen LogP contribution < -0.4 is 0 Å². The minimum atomic E-state index is -0.0510. The molecule has 0 fully saturated rings. The lowest BCUT2D eigenvalue weighted by Crippen LogP contribution is -2.48. The summed E-state index contributed by atoms with van der Waals surface area (Å²) in [6, 6.07) is 10.3. The standard InChI is InChI=1S/C22H32N2O2/c1-16(2)19(15-26-6)23-21(17-10-8-7-9-11-17)24-13-12-18(25)14-20(24)22(3,4)5/h7-13,16,19-20H,14-15H2,1-6H3/t19-,20+/m1/s1. The number of ketones is 1. The van der Waals surface area contributed by atoms with Gasteiger partial charge in [0.25, 0.3) is 0 Å². The van der Waals surface area contributed by atoms with Crippen LogP contribution in [-0.4, -0.2) is 42.3 Å². The largest absolute Gasteiger partial charge is 0.382 e. The number of hydrogen-bond acceptors (Lipinski definition) is 3. The van der Waals surface area contributed by atoms with Gasteiger partial charge in [-0.25, -0.2) is 0 Å². The molecule has 4 heteroatoms. The third-order valence-electron chi connectivity index (χ3n) is 4.82. The van der Waals surface area contributed by atoms with Gasteiger partial charge in [-0.3, -0.25) is 9.79 Å². The van der Waals surface area contributed by atoms with Gasteiger partial charge in [0.05, 0.1) is 12.6 Å². The Morgan fingerprint density at radius 2 is 1.92 bits per heavy atom. The molecule has 2 rings (SSSR count). The SMILES string of the molecule is COC[C@@H](N=C(c1ccccc1)N1C=CC(=O)C[C@H]1C(C)(C)C)C(C)C. The van der Waals surface area contributed by atoms with Crippen molar-refractivity contribution in [3.8, 4) is 0 Å². The summed E-state index contributed by atoms with van der Waals surface area (Å²) in [7, 11) is 1.71. The van der Waals surface area contributed by atoms with Crippen LogP contribution in [0.2, 0.25) is 0 Å². The predicted octanol–water partition coefficient (Wildman–Crippen LogP) is 4.31. The molecule has 0 aromatic heterocycles. The first-order valence-electron chi connectivity index (χ1n) is 9.35. The Morgan fingerprint density at radius 3 is 2.46 bits per heavy atom. The molecule has 0 aliphatic carbocycles. The van der Waals surface area contributed by atoms with Crippen LogP contribution in [0.1, 0.15) is 46.6 Å². The number of ether oxygens (including phenoxy) is 1. The van der Waals surface area contributed by atoms with Gasteiger partial charge in [0.15, 0.2) is 5.78 Å². The van der Waals surface area contributed by atoms with Crippen molar-refractivity contribution in [2.24, 2.45) is 16.3 Å². The molecule has 1 aliphatic rings. The van der Waals surface area contributed by atoms with Crippen LogP contribution in [0.15, 0.2) is 47.6 Å². The minimum absolute atomic E-state index is 0.0510. The number of benzene rings is 1. The number of rotatable bonds is 5. The molecule has 0 saturated heterocycles. The maximum Gasteiger partial charge on any atom is 0.159 e. The van der Waals surface area contributed by atoms with Crippen LogP contribution in [0.4, 0.5) is 0 Å². The zero-order valence-electron chi connectivity index (χ0n) is 16.9. The normalized spacial score (nSPS) is 20.0. The van der Waals surface area contributed by atoms with Crippen LogP contribution in [-0.2, 0) is 9.53 Å². The zero-order valence-corrected chi connectivity index (χ0v) is 16.9. The Kier molecular flexibility index (Phi) is 6.76. The molecule has 0 bridgehead atoms. The number of allylic oxidation sites excluding steroid dienone is 1. The van der Waals surface area contributed by atoms with E-state index in [-0.39, 0.29) is 23.3 Å². The Bertz CT molecular complexity index is 656. The van der Waals surface area contributed by atoms with E-state index in [1.165, 1.54) is 0 Å². The van der Waals surface area contributed by atoms with E-state index in [0.717, 1.165) is 11.4 Å². The number of nitrogens with zero attached hydrogens (tertiary/aromatic N) is 2. The number of aliphatic imine (C=N–C) groups is 1. The highest BCUT2D eigenvalue weighted by Gasteiger charge is 2.35. The number of amidine groups is 1. The molecule has 0 amide bonds. The van der Waals surface area contributed by atoms with Crippen molar-refractivity contribution in [3.05, 3.63) is 48.2 Å². The van der Waals surface area contributed by atoms with Gasteiger partial charge in [-0.2, -0.15) is 0 Å². The average Bonchev–Trinajstić information content (AvgIpc) is 2.58. The highest BCUT2D eigenvalue weighted by atomic mass is 16.5. The van der Waals surface area contributed by atoms with Gasteiger partial charge in [0.1, 0.15) is 5.84 Å². The van der Waals surface area contributed by atoms with Gasteiger partial charge in [-0.1, -0.05) is 65.0 Å². The Morgan fingerprint density at radius 1 is 1.27 bits per heavy atom. The molecular weight excluding hydrogens is 324 g/mol. The summed E-state index contributed by atoms with van der Waals surface area (Å²) in [6.07, 6.45) is 4.07. The van der Waals surface area contributed by atoms with Gasteiger partial charge < -0.3 is 9.64 Å². The van der Waals surface area contributed by atoms with Crippen molar-refractivity contribution in [1.29, 1.82) is 0 Å². The molecular formula is C22H32N2O2. The van der Waals surface area contributed by atoms with E-state index in [2.05, 4.69) is 51.7 Å². The van der Waals surface area contributed by atoms with Crippen molar-refractivity contribution < 1.29 is 9.53 Å². The number of methoxy groups -OCH3 is 1. The second-order valence-corrected chi connectivity index (χ2v) is 8.36. The first-order valence-corrected chi connectivity index (χ1v) is 9.35. The van der Waals surface area contributed by atoms with E-state index in [4.69, 9.17) is 9.73 Å². The van der Waals surface area contributed by atoms with Crippen LogP contribution >= 0.6 is 0 Å². The third-order valence-corrected chi connectivity index (χ3v) is 4.82. The van der Waals surface area contributed by atoms with Crippen molar-refractivity contribution in [2.75, 3.05) is 13.7 Å². The van der Waals surface area contributed by atoms with Crippen LogP contribution in [0.5, 0.6) is 0 Å². The van der Waals surface area contributed by atoms with Gasteiger partial charge in [-0.05, 0) is 17.4 Å². The Labute approximate surface area is 158 Å². The third kappa shape index (κ3) is 5.04. The number of carbonyl (C=O) groups excluding carboxylic acids is 1. The Hall–Kier alpha value is -1.94. The minimum Gasteiger partial charge on any atom is -0.382 e. The maximum atomic E-state index is 12.1. The van der Waals surface area contributed by atoms with E-state index >= 15 is 0 Å². The van der Waals surface area contributed by atoms with E-state index in [1.54, 1.807) is 13.2 Å². The van der Waals surface area contributed by atoms with Crippen molar-refractivity contribution in [3.63, 3.8) is 0 Å². The molecule has 4 nitrogen and oxygen atoms in total. The molecule has 0 N–H and O–H groups in total. The molecule has 142 valence electrons. The van der Waals surface area contributed by atoms with Gasteiger partial charge in [-0.15, -0.1) is 0 Å². The molecule has 0 unspecified atom stereocenters. The number of carbonyl (C=O) groups is 1. The maximum absolute atomic E-state index is 12.1. The van der Waals surface area contributed by atoms with Crippen molar-refractivity contribution in [2.45, 2.75) is 53.1 Å². The summed E-state index contributed by atoms with van der Waals surface area (Å²) >= 11 is 0. The highest BCUT2D eigenvalue weighted by molar-refractivity contribution is 6.02. The topological polar surface area (TPSA) is 41.9 Å². The van der Waals surface area contributed by atoms with Crippen molar-refractivity contribution in [1.82, 2.24) is 4.90 Å². The summed E-state index contributed by atoms with van der Waals surface area (Å²) in [4.78, 5) is 19.4. The van der Waals surface area contributed by atoms with Crippen LogP contribution in [0.3, 0.4) is 0 Å². The summed E-state index contributed by atoms with van der Waals surface area (Å²) in [6.45, 7) is 11.4. The quantitative estimate of drug-likeness (QED) is 0.583. The summed E-state index contributed by atoms with van der Waals surface area (Å²) in [5.74, 6) is 1.44. The van der Waals surface area contributed by atoms with E-state index in [1.807, 2.05) is 24.4 Å². The lowest BCUT2D eigenvalue weighted by molar-refractivity contribution is -0.116. The van der Waals surface area contributed by atoms with Crippen LogP contribution in [0.25, 0.3) is 0 Å². The summed E-state index contributed by atoms with van der Waals surface area (Å²) < 4.78 is 5.40. The van der Waals surface area contributed by atoms with Gasteiger partial charge in [0.2, 0.25) is 0 Å². The average molecular weight is 357 g/mol. The van der Waals surface area contributed by atoms with E-state index in [9.17, 15) is 4.79 Å². The molecule has 1 aromatic rings. The first kappa shape index (κ1) is 20.4. The second kappa shape index (κ2) is 8.63. The van der Waals surface area contributed by atoms with Crippen molar-refractivity contribution >= 4 is 11.6 Å². The molecule has 0 spiro atoms. The van der Waals surface area contributed by atoms with E-state index in [0.29, 0.717) is 18.9 Å². The fraction of sp³-hybridized carbons (Fsp3) is 0.545. The summed E-state index contributed by atoms with van der Waals surface area (Å²) in [5, 5.41) is 0. The Balaban J connectivity index is 2.55. The second-order valence-electron chi connectivity index (χ2n) is 8.36. The monoisotopic (exact) mass is 356 g/mol. The molecule has 2 atom stereocenters. The zero-order chi connectivity index (χ0) is 19.3. The molecule has 1 aromatic carbocycles. The lowest BCUT2D eigenvalue weighted by Gasteiger charge is -2.42. The van der Waals surface area contributed by atoms with Gasteiger partial charge >= 0.3 is 0 Å². The first-order chi connectivity index (χ1) is 12.2. The van der Waals surface area contributed by atoms with Crippen LogP contribution in [0, 0.1) is 11.3 Å². The van der Waals surface area contributed by atoms with E-state index < -0.39 is 0 Å². The smallest absolute Gasteiger partial charge is 0.159 e. The summed E-state index contributed by atoms with van der Waals surface area (Å²) in [5.41, 5.74) is 1.01. The molecule has 1 aliphatic heterocycles. The lowest BCUT2D eigenvalue weighted by atomic mass is 9.81. The molecule has 26 heavy (non-hydrogen) atoms. The fourth-order valence-corrected chi connectivity index (χ4v) is 3.15.